The number of carbonyl (C=O) groups excluding carboxylic acids is 2. The van der Waals surface area contributed by atoms with Crippen molar-refractivity contribution in [2.45, 2.75) is 12.5 Å². The Morgan fingerprint density at radius 2 is 2.23 bits per heavy atom. The number of pyridine rings is 1. The summed E-state index contributed by atoms with van der Waals surface area (Å²) in [5, 5.41) is 6.66. The first kappa shape index (κ1) is 20.0. The fourth-order valence-electron chi connectivity index (χ4n) is 3.12. The highest BCUT2D eigenvalue weighted by molar-refractivity contribution is 9.10. The number of anilines is 1. The van der Waals surface area contributed by atoms with E-state index in [9.17, 15) is 14.0 Å². The molecule has 3 aromatic rings. The second-order valence-corrected chi connectivity index (χ2v) is 7.66. The van der Waals surface area contributed by atoms with Gasteiger partial charge in [-0.3, -0.25) is 4.79 Å². The Morgan fingerprint density at radius 3 is 3.03 bits per heavy atom. The maximum atomic E-state index is 13.7. The Balaban J connectivity index is 1.46. The van der Waals surface area contributed by atoms with E-state index in [1.54, 1.807) is 31.3 Å². The standard InChI is InChI=1S/C20H17BrFN5O3/c1-26-16-8-14(21)4-5-17(16)30-11-15(19(26)28)25-20(29)27-10-12(9-24-27)7-13-3-2-6-23-18(13)22/h2-6,8-10,15H,7,11H2,1H3,(H,25,29). The summed E-state index contributed by atoms with van der Waals surface area (Å²) in [5.74, 6) is -0.333. The van der Waals surface area contributed by atoms with Gasteiger partial charge < -0.3 is 15.0 Å². The molecule has 0 saturated carbocycles. The molecule has 8 nitrogen and oxygen atoms in total. The molecule has 1 aliphatic rings. The highest BCUT2D eigenvalue weighted by Gasteiger charge is 2.31. The van der Waals surface area contributed by atoms with Gasteiger partial charge in [-0.1, -0.05) is 22.0 Å². The van der Waals surface area contributed by atoms with Crippen LogP contribution >= 0.6 is 15.9 Å². The maximum absolute atomic E-state index is 13.7. The predicted molar refractivity (Wildman–Crippen MR) is 110 cm³/mol. The number of benzene rings is 1. The zero-order valence-electron chi connectivity index (χ0n) is 15.9. The van der Waals surface area contributed by atoms with Crippen LogP contribution in [0.15, 0.2) is 53.4 Å². The van der Waals surface area contributed by atoms with Crippen molar-refractivity contribution in [1.29, 1.82) is 0 Å². The van der Waals surface area contributed by atoms with Crippen LogP contribution in [0.25, 0.3) is 0 Å². The number of aromatic nitrogens is 3. The predicted octanol–water partition coefficient (Wildman–Crippen LogP) is 2.75. The van der Waals surface area contributed by atoms with Gasteiger partial charge in [0.2, 0.25) is 5.95 Å². The van der Waals surface area contributed by atoms with Crippen LogP contribution in [0.1, 0.15) is 11.1 Å². The number of halogens is 2. The monoisotopic (exact) mass is 473 g/mol. The number of fused-ring (bicyclic) bond motifs is 1. The average Bonchev–Trinajstić information content (AvgIpc) is 3.17. The SMILES string of the molecule is CN1C(=O)C(NC(=O)n2cc(Cc3cccnc3F)cn2)COc2ccc(Br)cc21. The summed E-state index contributed by atoms with van der Waals surface area (Å²) < 4.78 is 21.3. The van der Waals surface area contributed by atoms with Crippen LogP contribution < -0.4 is 15.0 Å². The zero-order valence-corrected chi connectivity index (χ0v) is 17.5. The smallest absolute Gasteiger partial charge is 0.342 e. The van der Waals surface area contributed by atoms with E-state index >= 15 is 0 Å². The van der Waals surface area contributed by atoms with Crippen LogP contribution in [0.4, 0.5) is 14.9 Å². The Kier molecular flexibility index (Phi) is 5.49. The minimum Gasteiger partial charge on any atom is -0.489 e. The number of rotatable bonds is 3. The molecule has 1 aromatic carbocycles. The molecule has 0 saturated heterocycles. The molecule has 3 heterocycles. The number of nitrogens with one attached hydrogen (secondary N) is 1. The summed E-state index contributed by atoms with van der Waals surface area (Å²) in [4.78, 5) is 30.5. The lowest BCUT2D eigenvalue weighted by Crippen LogP contribution is -2.50. The van der Waals surface area contributed by atoms with Gasteiger partial charge in [-0.15, -0.1) is 0 Å². The number of ether oxygens (including phenoxy) is 1. The summed E-state index contributed by atoms with van der Waals surface area (Å²) in [6, 6.07) is 7.12. The summed E-state index contributed by atoms with van der Waals surface area (Å²) >= 11 is 3.38. The normalized spacial score (nSPS) is 15.9. The zero-order chi connectivity index (χ0) is 21.3. The number of amides is 2. The molecule has 2 amide bonds. The van der Waals surface area contributed by atoms with Crippen molar-refractivity contribution in [3.63, 3.8) is 0 Å². The van der Waals surface area contributed by atoms with Crippen molar-refractivity contribution in [1.82, 2.24) is 20.1 Å². The molecule has 1 atom stereocenters. The van der Waals surface area contributed by atoms with E-state index in [0.717, 1.165) is 9.15 Å². The van der Waals surface area contributed by atoms with Gasteiger partial charge in [-0.25, -0.2) is 9.78 Å². The van der Waals surface area contributed by atoms with Crippen molar-refractivity contribution in [3.05, 3.63) is 70.5 Å². The van der Waals surface area contributed by atoms with Crippen LogP contribution in [-0.2, 0) is 11.2 Å². The first-order valence-electron chi connectivity index (χ1n) is 9.06. The molecule has 1 aliphatic heterocycles. The highest BCUT2D eigenvalue weighted by Crippen LogP contribution is 2.33. The molecule has 0 radical (unpaired) electrons. The molecule has 0 aliphatic carbocycles. The van der Waals surface area contributed by atoms with E-state index in [1.165, 1.54) is 23.5 Å². The Labute approximate surface area is 179 Å². The lowest BCUT2D eigenvalue weighted by atomic mass is 10.1. The largest absolute Gasteiger partial charge is 0.489 e. The van der Waals surface area contributed by atoms with Gasteiger partial charge in [0.15, 0.2) is 0 Å². The molecular weight excluding hydrogens is 457 g/mol. The molecule has 1 N–H and O–H groups in total. The molecule has 154 valence electrons. The third-order valence-corrected chi connectivity index (χ3v) is 5.18. The number of hydrogen-bond acceptors (Lipinski definition) is 5. The summed E-state index contributed by atoms with van der Waals surface area (Å²) in [5.41, 5.74) is 1.64. The molecule has 2 aromatic heterocycles. The third-order valence-electron chi connectivity index (χ3n) is 4.69. The average molecular weight is 474 g/mol. The van der Waals surface area contributed by atoms with E-state index in [2.05, 4.69) is 31.3 Å². The van der Waals surface area contributed by atoms with Crippen LogP contribution in [0, 0.1) is 5.95 Å². The topological polar surface area (TPSA) is 89.4 Å². The number of likely N-dealkylation sites (N-methyl/N-ethyl adjacent to an activating group) is 1. The molecule has 10 heteroatoms. The van der Waals surface area contributed by atoms with Gasteiger partial charge >= 0.3 is 6.03 Å². The Morgan fingerprint density at radius 1 is 1.40 bits per heavy atom. The maximum Gasteiger partial charge on any atom is 0.342 e. The van der Waals surface area contributed by atoms with Crippen molar-refractivity contribution >= 4 is 33.6 Å². The molecule has 30 heavy (non-hydrogen) atoms. The van der Waals surface area contributed by atoms with Gasteiger partial charge in [0, 0.05) is 35.9 Å². The Hall–Kier alpha value is -3.27. The minimum atomic E-state index is -0.892. The van der Waals surface area contributed by atoms with E-state index in [0.29, 0.717) is 22.6 Å². The molecule has 1 unspecified atom stereocenters. The first-order valence-corrected chi connectivity index (χ1v) is 9.85. The van der Waals surface area contributed by atoms with Crippen molar-refractivity contribution in [2.75, 3.05) is 18.6 Å². The quantitative estimate of drug-likeness (QED) is 0.590. The third kappa shape index (κ3) is 4.04. The highest BCUT2D eigenvalue weighted by atomic mass is 79.9. The lowest BCUT2D eigenvalue weighted by molar-refractivity contribution is -0.120. The first-order chi connectivity index (χ1) is 14.4. The van der Waals surface area contributed by atoms with Crippen molar-refractivity contribution in [3.8, 4) is 5.75 Å². The summed E-state index contributed by atoms with van der Waals surface area (Å²) in [6.07, 6.45) is 4.57. The number of nitrogens with zero attached hydrogens (tertiary/aromatic N) is 4. The fraction of sp³-hybridized carbons (Fsp3) is 0.200. The molecule has 4 rings (SSSR count). The van der Waals surface area contributed by atoms with Gasteiger partial charge in [0.1, 0.15) is 18.4 Å². The number of carbonyl (C=O) groups is 2. The van der Waals surface area contributed by atoms with Gasteiger partial charge in [0.25, 0.3) is 5.91 Å². The molecular formula is C20H17BrFN5O3. The molecule has 0 fully saturated rings. The van der Waals surface area contributed by atoms with Gasteiger partial charge in [-0.05, 0) is 29.8 Å². The van der Waals surface area contributed by atoms with E-state index in [-0.39, 0.29) is 18.9 Å². The second kappa shape index (κ2) is 8.23. The van der Waals surface area contributed by atoms with E-state index in [1.807, 2.05) is 6.07 Å². The summed E-state index contributed by atoms with van der Waals surface area (Å²) in [6.45, 7) is -0.0153. The van der Waals surface area contributed by atoms with Crippen LogP contribution in [0.3, 0.4) is 0 Å². The van der Waals surface area contributed by atoms with Gasteiger partial charge in [0.05, 0.1) is 11.9 Å². The minimum absolute atomic E-state index is 0.0153. The lowest BCUT2D eigenvalue weighted by Gasteiger charge is -2.20. The number of hydrogen-bond donors (Lipinski definition) is 1. The van der Waals surface area contributed by atoms with Crippen molar-refractivity contribution < 1.29 is 18.7 Å². The van der Waals surface area contributed by atoms with Crippen LogP contribution in [-0.4, -0.2) is 46.4 Å². The second-order valence-electron chi connectivity index (χ2n) is 6.75. The Bertz CT molecular complexity index is 1120. The molecule has 0 bridgehead atoms. The van der Waals surface area contributed by atoms with Crippen LogP contribution in [0.2, 0.25) is 0 Å². The van der Waals surface area contributed by atoms with Crippen LogP contribution in [0.5, 0.6) is 5.75 Å². The van der Waals surface area contributed by atoms with Crippen molar-refractivity contribution in [2.24, 2.45) is 0 Å². The summed E-state index contributed by atoms with van der Waals surface area (Å²) in [7, 11) is 1.62. The van der Waals surface area contributed by atoms with E-state index < -0.39 is 18.0 Å². The fourth-order valence-corrected chi connectivity index (χ4v) is 3.47. The molecule has 0 spiro atoms. The van der Waals surface area contributed by atoms with Gasteiger partial charge in [-0.2, -0.15) is 14.2 Å². The van der Waals surface area contributed by atoms with E-state index in [4.69, 9.17) is 4.74 Å².